The minimum absolute atomic E-state index is 0.0457. The molecule has 0 saturated carbocycles. The second-order valence-corrected chi connectivity index (χ2v) is 5.14. The van der Waals surface area contributed by atoms with Gasteiger partial charge in [0.2, 0.25) is 0 Å². The van der Waals surface area contributed by atoms with E-state index in [1.54, 1.807) is 12.1 Å². The van der Waals surface area contributed by atoms with Crippen molar-refractivity contribution >= 4 is 5.97 Å². The van der Waals surface area contributed by atoms with E-state index >= 15 is 0 Å². The molecule has 1 fully saturated rings. The highest BCUT2D eigenvalue weighted by Gasteiger charge is 2.29. The number of carbonyl (C=O) groups excluding carboxylic acids is 1. The first kappa shape index (κ1) is 13.1. The van der Waals surface area contributed by atoms with E-state index in [4.69, 9.17) is 9.47 Å². The van der Waals surface area contributed by atoms with Crippen molar-refractivity contribution in [1.29, 1.82) is 0 Å². The zero-order valence-corrected chi connectivity index (χ0v) is 11.2. The molecule has 1 aliphatic rings. The van der Waals surface area contributed by atoms with Gasteiger partial charge in [-0.3, -0.25) is 0 Å². The van der Waals surface area contributed by atoms with E-state index in [-0.39, 0.29) is 18.2 Å². The molecule has 98 valence electrons. The highest BCUT2D eigenvalue weighted by atomic mass is 16.6. The Morgan fingerprint density at radius 1 is 1.33 bits per heavy atom. The van der Waals surface area contributed by atoms with Gasteiger partial charge in [-0.1, -0.05) is 24.6 Å². The summed E-state index contributed by atoms with van der Waals surface area (Å²) in [7, 11) is 0. The number of hydrogen-bond acceptors (Lipinski definition) is 3. The summed E-state index contributed by atoms with van der Waals surface area (Å²) < 4.78 is 11.0. The number of rotatable bonds is 3. The fourth-order valence-corrected chi connectivity index (χ4v) is 2.15. The van der Waals surface area contributed by atoms with Crippen LogP contribution in [-0.4, -0.2) is 24.8 Å². The van der Waals surface area contributed by atoms with Crippen molar-refractivity contribution in [2.24, 2.45) is 5.92 Å². The maximum absolute atomic E-state index is 11.8. The van der Waals surface area contributed by atoms with Crippen LogP contribution in [0.1, 0.15) is 36.2 Å². The lowest BCUT2D eigenvalue weighted by Crippen LogP contribution is -2.19. The Hall–Kier alpha value is -1.35. The van der Waals surface area contributed by atoms with Crippen LogP contribution in [0.5, 0.6) is 0 Å². The zero-order valence-electron chi connectivity index (χ0n) is 11.2. The maximum Gasteiger partial charge on any atom is 0.338 e. The first-order chi connectivity index (χ1) is 8.56. The van der Waals surface area contributed by atoms with Crippen LogP contribution in [0, 0.1) is 12.8 Å². The molecule has 18 heavy (non-hydrogen) atoms. The first-order valence-corrected chi connectivity index (χ1v) is 6.45. The van der Waals surface area contributed by atoms with Gasteiger partial charge < -0.3 is 9.47 Å². The van der Waals surface area contributed by atoms with E-state index in [1.165, 1.54) is 0 Å². The van der Waals surface area contributed by atoms with Crippen molar-refractivity contribution in [3.8, 4) is 0 Å². The Bertz CT molecular complexity index is 400. The third kappa shape index (κ3) is 3.10. The lowest BCUT2D eigenvalue weighted by molar-refractivity contribution is -0.00514. The zero-order chi connectivity index (χ0) is 13.1. The first-order valence-electron chi connectivity index (χ1n) is 6.45. The van der Waals surface area contributed by atoms with E-state index in [0.29, 0.717) is 18.1 Å². The summed E-state index contributed by atoms with van der Waals surface area (Å²) in [5, 5.41) is 0. The summed E-state index contributed by atoms with van der Waals surface area (Å²) in [4.78, 5) is 11.8. The molecule has 0 N–H and O–H groups in total. The topological polar surface area (TPSA) is 35.5 Å². The lowest BCUT2D eigenvalue weighted by Gasteiger charge is -2.11. The quantitative estimate of drug-likeness (QED) is 0.771. The predicted octanol–water partition coefficient (Wildman–Crippen LogP) is 2.97. The number of ether oxygens (including phenoxy) is 2. The molecule has 0 spiro atoms. The van der Waals surface area contributed by atoms with Gasteiger partial charge in [0, 0.05) is 0 Å². The van der Waals surface area contributed by atoms with Crippen molar-refractivity contribution in [1.82, 2.24) is 0 Å². The lowest BCUT2D eigenvalue weighted by atomic mass is 10.0. The van der Waals surface area contributed by atoms with Crippen LogP contribution in [0.3, 0.4) is 0 Å². The molecule has 1 heterocycles. The van der Waals surface area contributed by atoms with Crippen LogP contribution in [-0.2, 0) is 9.47 Å². The second kappa shape index (κ2) is 5.53. The number of benzene rings is 1. The van der Waals surface area contributed by atoms with Crippen LogP contribution in [0.4, 0.5) is 0 Å². The summed E-state index contributed by atoms with van der Waals surface area (Å²) in [5.41, 5.74) is 1.73. The fourth-order valence-electron chi connectivity index (χ4n) is 2.15. The Kier molecular flexibility index (Phi) is 4.02. The molecule has 0 aromatic heterocycles. The summed E-state index contributed by atoms with van der Waals surface area (Å²) in [6.07, 6.45) is 1.26. The van der Waals surface area contributed by atoms with Gasteiger partial charge in [-0.25, -0.2) is 4.79 Å². The van der Waals surface area contributed by atoms with Gasteiger partial charge in [0.15, 0.2) is 0 Å². The van der Waals surface area contributed by atoms with E-state index < -0.39 is 0 Å². The van der Waals surface area contributed by atoms with Gasteiger partial charge in [0.05, 0.1) is 17.8 Å². The van der Waals surface area contributed by atoms with Gasteiger partial charge in [-0.2, -0.15) is 0 Å². The molecule has 1 aromatic rings. The van der Waals surface area contributed by atoms with Crippen LogP contribution in [0.15, 0.2) is 24.3 Å². The van der Waals surface area contributed by atoms with Crippen molar-refractivity contribution in [2.45, 2.75) is 39.4 Å². The predicted molar refractivity (Wildman–Crippen MR) is 69.6 cm³/mol. The molecule has 1 aliphatic heterocycles. The SMILES string of the molecule is Cc1ccc(C(=O)OC[C@@H]2CC(C)C(C)O2)cc1. The molecule has 0 amide bonds. The molecule has 1 saturated heterocycles. The van der Waals surface area contributed by atoms with E-state index in [9.17, 15) is 4.79 Å². The molecular weight excluding hydrogens is 228 g/mol. The Morgan fingerprint density at radius 2 is 2.00 bits per heavy atom. The summed E-state index contributed by atoms with van der Waals surface area (Å²) in [5.74, 6) is 0.263. The number of carbonyl (C=O) groups is 1. The Labute approximate surface area is 108 Å². The monoisotopic (exact) mass is 248 g/mol. The molecule has 3 heteroatoms. The smallest absolute Gasteiger partial charge is 0.338 e. The standard InChI is InChI=1S/C15H20O3/c1-10-4-6-13(7-5-10)15(16)17-9-14-8-11(2)12(3)18-14/h4-7,11-12,14H,8-9H2,1-3H3/t11?,12?,14-/m0/s1. The summed E-state index contributed by atoms with van der Waals surface area (Å²) in [6.45, 7) is 6.56. The average Bonchev–Trinajstić information content (AvgIpc) is 2.67. The van der Waals surface area contributed by atoms with Crippen LogP contribution in [0.25, 0.3) is 0 Å². The Balaban J connectivity index is 1.84. The maximum atomic E-state index is 11.8. The van der Waals surface area contributed by atoms with Crippen LogP contribution < -0.4 is 0 Å². The normalized spacial score (nSPS) is 27.2. The van der Waals surface area contributed by atoms with Crippen molar-refractivity contribution < 1.29 is 14.3 Å². The fraction of sp³-hybridized carbons (Fsp3) is 0.533. The van der Waals surface area contributed by atoms with Crippen molar-refractivity contribution in [3.63, 3.8) is 0 Å². The molecule has 0 bridgehead atoms. The molecule has 2 unspecified atom stereocenters. The van der Waals surface area contributed by atoms with Gasteiger partial charge in [0.1, 0.15) is 6.61 Å². The second-order valence-electron chi connectivity index (χ2n) is 5.14. The van der Waals surface area contributed by atoms with Gasteiger partial charge in [-0.05, 0) is 38.3 Å². The molecule has 1 aromatic carbocycles. The minimum atomic E-state index is -0.272. The largest absolute Gasteiger partial charge is 0.459 e. The summed E-state index contributed by atoms with van der Waals surface area (Å²) in [6, 6.07) is 7.40. The highest BCUT2D eigenvalue weighted by molar-refractivity contribution is 5.89. The molecular formula is C15H20O3. The van der Waals surface area contributed by atoms with Crippen LogP contribution >= 0.6 is 0 Å². The number of aryl methyl sites for hydroxylation is 1. The van der Waals surface area contributed by atoms with Crippen molar-refractivity contribution in [2.75, 3.05) is 6.61 Å². The third-order valence-electron chi connectivity index (χ3n) is 3.53. The number of esters is 1. The van der Waals surface area contributed by atoms with E-state index in [0.717, 1.165) is 12.0 Å². The molecule has 3 nitrogen and oxygen atoms in total. The van der Waals surface area contributed by atoms with Crippen LogP contribution in [0.2, 0.25) is 0 Å². The van der Waals surface area contributed by atoms with Gasteiger partial charge in [-0.15, -0.1) is 0 Å². The van der Waals surface area contributed by atoms with Crippen molar-refractivity contribution in [3.05, 3.63) is 35.4 Å². The molecule has 3 atom stereocenters. The van der Waals surface area contributed by atoms with E-state index in [2.05, 4.69) is 13.8 Å². The Morgan fingerprint density at radius 3 is 2.56 bits per heavy atom. The minimum Gasteiger partial charge on any atom is -0.459 e. The average molecular weight is 248 g/mol. The van der Waals surface area contributed by atoms with E-state index in [1.807, 2.05) is 19.1 Å². The van der Waals surface area contributed by atoms with Gasteiger partial charge >= 0.3 is 5.97 Å². The third-order valence-corrected chi connectivity index (χ3v) is 3.53. The van der Waals surface area contributed by atoms with Gasteiger partial charge in [0.25, 0.3) is 0 Å². The molecule has 2 rings (SSSR count). The molecule has 0 radical (unpaired) electrons. The highest BCUT2D eigenvalue weighted by Crippen LogP contribution is 2.25. The summed E-state index contributed by atoms with van der Waals surface area (Å²) >= 11 is 0. The molecule has 0 aliphatic carbocycles. The number of hydrogen-bond donors (Lipinski definition) is 0.